The summed E-state index contributed by atoms with van der Waals surface area (Å²) in [6, 6.07) is 11.9. The summed E-state index contributed by atoms with van der Waals surface area (Å²) < 4.78 is 67.4. The van der Waals surface area contributed by atoms with Gasteiger partial charge in [-0.3, -0.25) is 0 Å². The molecule has 0 aliphatic rings. The van der Waals surface area contributed by atoms with Crippen molar-refractivity contribution in [2.45, 2.75) is 6.18 Å². The summed E-state index contributed by atoms with van der Waals surface area (Å²) in [5.41, 5.74) is 1.18. The first-order chi connectivity index (χ1) is 15.2. The molecular weight excluding hydrogens is 425 g/mol. The summed E-state index contributed by atoms with van der Waals surface area (Å²) in [6.07, 6.45) is -4.51. The molecule has 0 unspecified atom stereocenters. The van der Waals surface area contributed by atoms with Gasteiger partial charge in [-0.25, -0.2) is 0 Å². The van der Waals surface area contributed by atoms with Crippen molar-refractivity contribution in [3.05, 3.63) is 54.1 Å². The molecule has 0 aliphatic heterocycles. The Hall–Kier alpha value is -3.55. The molecular formula is C24H23F3O5. The van der Waals surface area contributed by atoms with Gasteiger partial charge in [0.15, 0.2) is 11.5 Å². The van der Waals surface area contributed by atoms with Crippen molar-refractivity contribution in [2.75, 3.05) is 35.5 Å². The van der Waals surface area contributed by atoms with Crippen LogP contribution in [0.4, 0.5) is 13.2 Å². The third kappa shape index (κ3) is 4.54. The van der Waals surface area contributed by atoms with E-state index in [1.165, 1.54) is 41.6 Å². The highest BCUT2D eigenvalue weighted by molar-refractivity contribution is 5.86. The van der Waals surface area contributed by atoms with Crippen molar-refractivity contribution in [3.8, 4) is 51.0 Å². The van der Waals surface area contributed by atoms with Crippen LogP contribution in [0.15, 0.2) is 48.5 Å². The molecule has 0 radical (unpaired) electrons. The number of halogens is 3. The lowest BCUT2D eigenvalue weighted by molar-refractivity contribution is -0.137. The van der Waals surface area contributed by atoms with Gasteiger partial charge < -0.3 is 23.7 Å². The monoisotopic (exact) mass is 448 g/mol. The highest BCUT2D eigenvalue weighted by Crippen LogP contribution is 2.45. The van der Waals surface area contributed by atoms with Crippen LogP contribution in [-0.4, -0.2) is 35.5 Å². The molecule has 8 heteroatoms. The van der Waals surface area contributed by atoms with Gasteiger partial charge in [0.1, 0.15) is 11.5 Å². The van der Waals surface area contributed by atoms with Gasteiger partial charge in [-0.15, -0.1) is 0 Å². The molecule has 170 valence electrons. The molecule has 0 atom stereocenters. The van der Waals surface area contributed by atoms with Gasteiger partial charge in [-0.05, 0) is 58.7 Å². The zero-order valence-electron chi connectivity index (χ0n) is 18.3. The topological polar surface area (TPSA) is 46.2 Å². The molecule has 0 saturated carbocycles. The molecule has 0 aromatic heterocycles. The van der Waals surface area contributed by atoms with E-state index >= 15 is 0 Å². The second-order valence-corrected chi connectivity index (χ2v) is 6.77. The van der Waals surface area contributed by atoms with E-state index in [4.69, 9.17) is 23.7 Å². The summed E-state index contributed by atoms with van der Waals surface area (Å²) in [4.78, 5) is 0. The van der Waals surface area contributed by atoms with E-state index in [2.05, 4.69) is 0 Å². The highest BCUT2D eigenvalue weighted by atomic mass is 19.4. The zero-order chi connectivity index (χ0) is 23.5. The summed E-state index contributed by atoms with van der Waals surface area (Å²) >= 11 is 0. The molecule has 0 aliphatic carbocycles. The van der Waals surface area contributed by atoms with Crippen molar-refractivity contribution < 1.29 is 36.9 Å². The normalized spacial score (nSPS) is 11.1. The molecule has 0 spiro atoms. The van der Waals surface area contributed by atoms with Crippen LogP contribution in [0.1, 0.15) is 5.56 Å². The fourth-order valence-corrected chi connectivity index (χ4v) is 3.41. The summed E-state index contributed by atoms with van der Waals surface area (Å²) in [7, 11) is 7.36. The molecule has 5 nitrogen and oxygen atoms in total. The summed E-state index contributed by atoms with van der Waals surface area (Å²) in [5, 5.41) is 0. The van der Waals surface area contributed by atoms with Gasteiger partial charge in [0.05, 0.1) is 41.1 Å². The predicted octanol–water partition coefficient (Wildman–Crippen LogP) is 6.08. The molecule has 3 aromatic carbocycles. The summed E-state index contributed by atoms with van der Waals surface area (Å²) in [6.45, 7) is 0. The minimum absolute atomic E-state index is 0.327. The largest absolute Gasteiger partial charge is 0.497 e. The van der Waals surface area contributed by atoms with Crippen LogP contribution in [0.5, 0.6) is 28.7 Å². The fraction of sp³-hybridized carbons (Fsp3) is 0.250. The number of alkyl halides is 3. The first-order valence-corrected chi connectivity index (χ1v) is 9.50. The van der Waals surface area contributed by atoms with E-state index in [9.17, 15) is 13.2 Å². The van der Waals surface area contributed by atoms with Gasteiger partial charge >= 0.3 is 6.18 Å². The van der Waals surface area contributed by atoms with E-state index in [-0.39, 0.29) is 0 Å². The third-order valence-electron chi connectivity index (χ3n) is 4.99. The zero-order valence-corrected chi connectivity index (χ0v) is 18.3. The Morgan fingerprint density at radius 3 is 1.53 bits per heavy atom. The van der Waals surface area contributed by atoms with E-state index in [1.54, 1.807) is 30.3 Å². The predicted molar refractivity (Wildman–Crippen MR) is 115 cm³/mol. The lowest BCUT2D eigenvalue weighted by Crippen LogP contribution is -2.05. The van der Waals surface area contributed by atoms with Crippen molar-refractivity contribution in [2.24, 2.45) is 0 Å². The Balaban J connectivity index is 2.34. The average molecular weight is 448 g/mol. The average Bonchev–Trinajstić information content (AvgIpc) is 2.81. The summed E-state index contributed by atoms with van der Waals surface area (Å²) in [5.74, 6) is 2.02. The molecule has 0 heterocycles. The van der Waals surface area contributed by atoms with E-state index in [0.717, 1.165) is 12.1 Å². The lowest BCUT2D eigenvalue weighted by atomic mass is 9.92. The first kappa shape index (κ1) is 23.1. The smallest absolute Gasteiger partial charge is 0.416 e. The maximum absolute atomic E-state index is 13.6. The van der Waals surface area contributed by atoms with Crippen LogP contribution in [0, 0.1) is 0 Å². The second kappa shape index (κ2) is 9.30. The second-order valence-electron chi connectivity index (χ2n) is 6.77. The van der Waals surface area contributed by atoms with Crippen molar-refractivity contribution in [1.82, 2.24) is 0 Å². The van der Waals surface area contributed by atoms with Crippen molar-refractivity contribution in [3.63, 3.8) is 0 Å². The quantitative estimate of drug-likeness (QED) is 0.438. The van der Waals surface area contributed by atoms with Crippen LogP contribution >= 0.6 is 0 Å². The van der Waals surface area contributed by atoms with E-state index in [1.807, 2.05) is 0 Å². The standard InChI is InChI=1S/C24H23F3O5/c1-28-17-8-14(9-18(13-17)29-2)19-7-6-16(24(25,26)27)12-20(19)15-10-21(30-3)23(32-5)22(11-15)31-4/h6-13H,1-5H3. The van der Waals surface area contributed by atoms with Gasteiger partial charge in [-0.2, -0.15) is 13.2 Å². The number of hydrogen-bond acceptors (Lipinski definition) is 5. The maximum Gasteiger partial charge on any atom is 0.416 e. The SMILES string of the molecule is COc1cc(OC)cc(-c2ccc(C(F)(F)F)cc2-c2cc(OC)c(OC)c(OC)c2)c1. The molecule has 0 N–H and O–H groups in total. The van der Waals surface area contributed by atoms with Crippen molar-refractivity contribution in [1.29, 1.82) is 0 Å². The first-order valence-electron chi connectivity index (χ1n) is 9.50. The minimum Gasteiger partial charge on any atom is -0.497 e. The number of hydrogen-bond donors (Lipinski definition) is 0. The van der Waals surface area contributed by atoms with Crippen LogP contribution in [0.3, 0.4) is 0 Å². The van der Waals surface area contributed by atoms with Crippen molar-refractivity contribution >= 4 is 0 Å². The number of rotatable bonds is 7. The Kier molecular flexibility index (Phi) is 6.72. The Labute approximate surface area is 184 Å². The number of benzene rings is 3. The molecule has 3 aromatic rings. The van der Waals surface area contributed by atoms with Gasteiger partial charge in [0, 0.05) is 6.07 Å². The molecule has 0 amide bonds. The number of methoxy groups -OCH3 is 5. The molecule has 0 fully saturated rings. The molecule has 32 heavy (non-hydrogen) atoms. The van der Waals surface area contributed by atoms with Crippen LogP contribution in [0.25, 0.3) is 22.3 Å². The maximum atomic E-state index is 13.6. The van der Waals surface area contributed by atoms with Crippen LogP contribution < -0.4 is 23.7 Å². The fourth-order valence-electron chi connectivity index (χ4n) is 3.41. The Morgan fingerprint density at radius 1 is 0.562 bits per heavy atom. The number of ether oxygens (including phenoxy) is 5. The Bertz CT molecular complexity index is 1060. The van der Waals surface area contributed by atoms with Crippen LogP contribution in [0.2, 0.25) is 0 Å². The third-order valence-corrected chi connectivity index (χ3v) is 4.99. The highest BCUT2D eigenvalue weighted by Gasteiger charge is 2.31. The molecule has 0 saturated heterocycles. The van der Waals surface area contributed by atoms with Gasteiger partial charge in [0.25, 0.3) is 0 Å². The van der Waals surface area contributed by atoms with Gasteiger partial charge in [-0.1, -0.05) is 6.07 Å². The molecule has 3 rings (SSSR count). The molecule has 0 bridgehead atoms. The Morgan fingerprint density at radius 2 is 1.09 bits per heavy atom. The minimum atomic E-state index is -4.51. The van der Waals surface area contributed by atoms with E-state index in [0.29, 0.717) is 51.0 Å². The van der Waals surface area contributed by atoms with E-state index < -0.39 is 11.7 Å². The van der Waals surface area contributed by atoms with Gasteiger partial charge in [0.2, 0.25) is 5.75 Å². The lowest BCUT2D eigenvalue weighted by Gasteiger charge is -2.18. The van der Waals surface area contributed by atoms with Crippen LogP contribution in [-0.2, 0) is 6.18 Å².